The Bertz CT molecular complexity index is 656. The molecular weight excluding hydrogens is 288 g/mol. The molecule has 2 N–H and O–H groups in total. The fraction of sp³-hybridized carbons (Fsp3) is 0.500. The molecule has 114 valence electrons. The van der Waals surface area contributed by atoms with Crippen LogP contribution in [0.4, 0.5) is 5.69 Å². The molecule has 0 atom stereocenters. The van der Waals surface area contributed by atoms with Crippen molar-refractivity contribution in [3.63, 3.8) is 0 Å². The third-order valence-corrected chi connectivity index (χ3v) is 5.88. The van der Waals surface area contributed by atoms with Crippen LogP contribution in [-0.4, -0.2) is 50.8 Å². The Balaban J connectivity index is 2.22. The molecule has 0 amide bonds. The average molecular weight is 308 g/mol. The van der Waals surface area contributed by atoms with E-state index in [1.54, 1.807) is 0 Å². The Labute approximate surface area is 125 Å². The number of nitrogen functional groups attached to an aromatic ring is 1. The molecule has 1 fully saturated rings. The second kappa shape index (κ2) is 6.02. The lowest BCUT2D eigenvalue weighted by molar-refractivity contribution is 0.196. The van der Waals surface area contributed by atoms with Crippen LogP contribution in [0.1, 0.15) is 18.4 Å². The van der Waals surface area contributed by atoms with Gasteiger partial charge in [-0.3, -0.25) is 0 Å². The molecule has 0 bridgehead atoms. The van der Waals surface area contributed by atoms with Crippen molar-refractivity contribution in [1.29, 1.82) is 5.26 Å². The third kappa shape index (κ3) is 3.18. The summed E-state index contributed by atoms with van der Waals surface area (Å²) in [4.78, 5) is 2.21. The van der Waals surface area contributed by atoms with E-state index in [4.69, 9.17) is 11.0 Å². The number of nitrogens with zero attached hydrogens (tertiary/aromatic N) is 3. The highest BCUT2D eigenvalue weighted by molar-refractivity contribution is 7.89. The van der Waals surface area contributed by atoms with E-state index in [1.807, 2.05) is 20.2 Å². The maximum absolute atomic E-state index is 12.6. The van der Waals surface area contributed by atoms with Crippen molar-refractivity contribution in [2.45, 2.75) is 23.8 Å². The second-order valence-corrected chi connectivity index (χ2v) is 7.37. The van der Waals surface area contributed by atoms with Crippen LogP contribution >= 0.6 is 0 Å². The molecule has 1 heterocycles. The molecule has 0 aromatic heterocycles. The Morgan fingerprint density at radius 2 is 1.95 bits per heavy atom. The summed E-state index contributed by atoms with van der Waals surface area (Å²) in [6.45, 7) is 0.981. The topological polar surface area (TPSA) is 90.4 Å². The molecule has 0 unspecified atom stereocenters. The first-order valence-electron chi connectivity index (χ1n) is 6.82. The fourth-order valence-corrected chi connectivity index (χ4v) is 4.16. The number of sulfonamides is 1. The molecule has 1 aliphatic rings. The molecule has 0 saturated carbocycles. The smallest absolute Gasteiger partial charge is 0.245 e. The van der Waals surface area contributed by atoms with Gasteiger partial charge in [-0.2, -0.15) is 9.57 Å². The van der Waals surface area contributed by atoms with Crippen LogP contribution in [0.15, 0.2) is 23.1 Å². The number of nitriles is 1. The first-order chi connectivity index (χ1) is 9.86. The Kier molecular flexibility index (Phi) is 4.52. The summed E-state index contributed by atoms with van der Waals surface area (Å²) in [5.41, 5.74) is 6.29. The van der Waals surface area contributed by atoms with E-state index in [0.717, 1.165) is 12.8 Å². The summed E-state index contributed by atoms with van der Waals surface area (Å²) >= 11 is 0. The minimum Gasteiger partial charge on any atom is -0.398 e. The van der Waals surface area contributed by atoms with Crippen LogP contribution in [0, 0.1) is 11.3 Å². The lowest BCUT2D eigenvalue weighted by Crippen LogP contribution is -2.44. The van der Waals surface area contributed by atoms with Gasteiger partial charge in [-0.1, -0.05) is 0 Å². The zero-order chi connectivity index (χ0) is 15.6. The van der Waals surface area contributed by atoms with Crippen molar-refractivity contribution >= 4 is 15.7 Å². The molecule has 6 nitrogen and oxygen atoms in total. The number of hydrogen-bond donors (Lipinski definition) is 1. The van der Waals surface area contributed by atoms with E-state index in [9.17, 15) is 8.42 Å². The summed E-state index contributed by atoms with van der Waals surface area (Å²) in [6.07, 6.45) is 1.62. The first kappa shape index (κ1) is 15.8. The average Bonchev–Trinajstić information content (AvgIpc) is 2.46. The minimum atomic E-state index is -3.59. The molecule has 2 rings (SSSR count). The van der Waals surface area contributed by atoms with Crippen molar-refractivity contribution in [3.8, 4) is 6.07 Å². The van der Waals surface area contributed by atoms with Crippen molar-refractivity contribution in [2.75, 3.05) is 32.9 Å². The molecule has 0 spiro atoms. The van der Waals surface area contributed by atoms with E-state index in [0.29, 0.717) is 24.7 Å². The largest absolute Gasteiger partial charge is 0.398 e. The molecule has 1 saturated heterocycles. The normalized spacial score (nSPS) is 17.8. The molecular formula is C14H20N4O2S. The molecule has 1 aromatic carbocycles. The lowest BCUT2D eigenvalue weighted by Gasteiger charge is -2.34. The van der Waals surface area contributed by atoms with Gasteiger partial charge < -0.3 is 10.6 Å². The molecule has 21 heavy (non-hydrogen) atoms. The number of rotatable bonds is 3. The van der Waals surface area contributed by atoms with Crippen LogP contribution in [0.3, 0.4) is 0 Å². The molecule has 7 heteroatoms. The van der Waals surface area contributed by atoms with Crippen molar-refractivity contribution < 1.29 is 8.42 Å². The second-order valence-electron chi connectivity index (χ2n) is 5.46. The Morgan fingerprint density at radius 3 is 2.43 bits per heavy atom. The van der Waals surface area contributed by atoms with Gasteiger partial charge in [0, 0.05) is 19.1 Å². The number of hydrogen-bond acceptors (Lipinski definition) is 5. The highest BCUT2D eigenvalue weighted by Crippen LogP contribution is 2.26. The summed E-state index contributed by atoms with van der Waals surface area (Å²) in [6, 6.07) is 6.66. The zero-order valence-electron chi connectivity index (χ0n) is 12.3. The third-order valence-electron chi connectivity index (χ3n) is 3.91. The van der Waals surface area contributed by atoms with E-state index in [2.05, 4.69) is 4.90 Å². The van der Waals surface area contributed by atoms with E-state index in [1.165, 1.54) is 22.5 Å². The van der Waals surface area contributed by atoms with Gasteiger partial charge in [0.1, 0.15) is 4.90 Å². The van der Waals surface area contributed by atoms with Gasteiger partial charge in [0.25, 0.3) is 0 Å². The predicted octanol–water partition coefficient (Wildman–Crippen LogP) is 0.855. The van der Waals surface area contributed by atoms with Crippen LogP contribution in [0.25, 0.3) is 0 Å². The van der Waals surface area contributed by atoms with Crippen LogP contribution < -0.4 is 5.73 Å². The van der Waals surface area contributed by atoms with Crippen LogP contribution in [0.5, 0.6) is 0 Å². The van der Waals surface area contributed by atoms with Gasteiger partial charge in [0.05, 0.1) is 17.3 Å². The first-order valence-corrected chi connectivity index (χ1v) is 8.26. The highest BCUT2D eigenvalue weighted by Gasteiger charge is 2.31. The summed E-state index contributed by atoms with van der Waals surface area (Å²) in [5, 5.41) is 8.82. The summed E-state index contributed by atoms with van der Waals surface area (Å²) in [7, 11) is 0.428. The summed E-state index contributed by atoms with van der Waals surface area (Å²) in [5.74, 6) is 0. The van der Waals surface area contributed by atoms with Gasteiger partial charge >= 0.3 is 0 Å². The van der Waals surface area contributed by atoms with Gasteiger partial charge in [-0.15, -0.1) is 0 Å². The molecule has 0 radical (unpaired) electrons. The Hall–Kier alpha value is -1.62. The number of anilines is 1. The zero-order valence-corrected chi connectivity index (χ0v) is 13.1. The maximum Gasteiger partial charge on any atom is 0.245 e. The number of piperidine rings is 1. The van der Waals surface area contributed by atoms with Crippen LogP contribution in [-0.2, 0) is 10.0 Å². The van der Waals surface area contributed by atoms with E-state index in [-0.39, 0.29) is 10.6 Å². The molecule has 0 aliphatic carbocycles. The van der Waals surface area contributed by atoms with Crippen LogP contribution in [0.2, 0.25) is 0 Å². The van der Waals surface area contributed by atoms with Gasteiger partial charge in [-0.25, -0.2) is 8.42 Å². The molecule has 1 aliphatic heterocycles. The monoisotopic (exact) mass is 308 g/mol. The molecule has 1 aromatic rings. The van der Waals surface area contributed by atoms with Crippen molar-refractivity contribution in [3.05, 3.63) is 23.8 Å². The minimum absolute atomic E-state index is 0.0878. The van der Waals surface area contributed by atoms with Gasteiger partial charge in [-0.05, 0) is 45.1 Å². The predicted molar refractivity (Wildman–Crippen MR) is 81.0 cm³/mol. The fourth-order valence-electron chi connectivity index (χ4n) is 2.59. The standard InChI is InChI=1S/C14H20N4O2S/c1-17(2)12-5-7-18(8-6-12)21(19,20)14-4-3-11(10-15)9-13(14)16/h3-4,9,12H,5-8,16H2,1-2H3. The number of benzene rings is 1. The Morgan fingerprint density at radius 1 is 1.33 bits per heavy atom. The highest BCUT2D eigenvalue weighted by atomic mass is 32.2. The summed E-state index contributed by atoms with van der Waals surface area (Å²) < 4.78 is 26.7. The lowest BCUT2D eigenvalue weighted by atomic mass is 10.1. The van der Waals surface area contributed by atoms with Gasteiger partial charge in [0.2, 0.25) is 10.0 Å². The van der Waals surface area contributed by atoms with E-state index < -0.39 is 10.0 Å². The van der Waals surface area contributed by atoms with E-state index >= 15 is 0 Å². The van der Waals surface area contributed by atoms with Crippen molar-refractivity contribution in [2.24, 2.45) is 0 Å². The number of nitrogens with two attached hydrogens (primary N) is 1. The maximum atomic E-state index is 12.6. The van der Waals surface area contributed by atoms with Gasteiger partial charge in [0.15, 0.2) is 0 Å². The quantitative estimate of drug-likeness (QED) is 0.836. The SMILES string of the molecule is CN(C)C1CCN(S(=O)(=O)c2ccc(C#N)cc2N)CC1. The van der Waals surface area contributed by atoms with Crippen molar-refractivity contribution in [1.82, 2.24) is 9.21 Å².